The molecule has 0 radical (unpaired) electrons. The minimum absolute atomic E-state index is 0.270. The Balaban J connectivity index is 2.02. The van der Waals surface area contributed by atoms with Crippen molar-refractivity contribution >= 4 is 5.82 Å². The predicted molar refractivity (Wildman–Crippen MR) is 53.7 cm³/mol. The van der Waals surface area contributed by atoms with Gasteiger partial charge in [0.05, 0.1) is 11.8 Å². The van der Waals surface area contributed by atoms with E-state index in [1.54, 1.807) is 18.3 Å². The van der Waals surface area contributed by atoms with Gasteiger partial charge >= 0.3 is 0 Å². The van der Waals surface area contributed by atoms with Crippen molar-refractivity contribution in [2.45, 2.75) is 6.61 Å². The van der Waals surface area contributed by atoms with Gasteiger partial charge in [-0.05, 0) is 12.1 Å². The van der Waals surface area contributed by atoms with E-state index in [9.17, 15) is 4.39 Å². The van der Waals surface area contributed by atoms with Crippen LogP contribution in [0.25, 0.3) is 0 Å². The smallest absolute Gasteiger partial charge is 0.126 e. The van der Waals surface area contributed by atoms with E-state index in [1.165, 1.54) is 12.1 Å². The molecule has 0 atom stereocenters. The second-order valence-corrected chi connectivity index (χ2v) is 3.05. The zero-order valence-corrected chi connectivity index (χ0v) is 7.90. The number of nitrogens with zero attached hydrogens (tertiary/aromatic N) is 1. The van der Waals surface area contributed by atoms with Gasteiger partial charge in [-0.25, -0.2) is 4.39 Å². The monoisotopic (exact) mass is 207 g/mol. The molecule has 0 saturated carbocycles. The topological polar surface area (TPSA) is 63.9 Å². The van der Waals surface area contributed by atoms with Crippen molar-refractivity contribution < 1.29 is 9.13 Å². The van der Waals surface area contributed by atoms with Crippen molar-refractivity contribution in [3.8, 4) is 5.75 Å². The molecule has 1 heterocycles. The number of nitrogens with two attached hydrogens (primary N) is 1. The highest BCUT2D eigenvalue weighted by Gasteiger charge is 2.02. The van der Waals surface area contributed by atoms with Crippen molar-refractivity contribution in [1.82, 2.24) is 10.2 Å². The zero-order chi connectivity index (χ0) is 10.7. The van der Waals surface area contributed by atoms with Gasteiger partial charge in [0.2, 0.25) is 0 Å². The number of halogens is 1. The van der Waals surface area contributed by atoms with E-state index in [-0.39, 0.29) is 12.4 Å². The van der Waals surface area contributed by atoms with Gasteiger partial charge in [-0.15, -0.1) is 0 Å². The maximum atomic E-state index is 12.8. The fraction of sp³-hybridized carbons (Fsp3) is 0.100. The number of H-pyrrole nitrogens is 1. The molecule has 4 nitrogen and oxygen atoms in total. The summed E-state index contributed by atoms with van der Waals surface area (Å²) in [7, 11) is 0. The first kappa shape index (κ1) is 9.51. The number of aromatic nitrogens is 2. The molecule has 2 aromatic rings. The highest BCUT2D eigenvalue weighted by molar-refractivity contribution is 5.36. The van der Waals surface area contributed by atoms with Crippen LogP contribution in [0.4, 0.5) is 10.2 Å². The summed E-state index contributed by atoms with van der Waals surface area (Å²) in [6, 6.07) is 5.94. The first-order valence-electron chi connectivity index (χ1n) is 4.42. The molecule has 1 aromatic carbocycles. The van der Waals surface area contributed by atoms with Gasteiger partial charge in [0.25, 0.3) is 0 Å². The van der Waals surface area contributed by atoms with Gasteiger partial charge in [-0.2, -0.15) is 5.10 Å². The van der Waals surface area contributed by atoms with Crippen LogP contribution < -0.4 is 10.5 Å². The average molecular weight is 207 g/mol. The van der Waals surface area contributed by atoms with Crippen LogP contribution in [0.1, 0.15) is 5.56 Å². The number of anilines is 1. The summed E-state index contributed by atoms with van der Waals surface area (Å²) in [5, 5.41) is 6.34. The Hall–Kier alpha value is -2.04. The van der Waals surface area contributed by atoms with Crippen LogP contribution in [0, 0.1) is 5.82 Å². The molecule has 0 spiro atoms. The molecule has 0 fully saturated rings. The summed E-state index contributed by atoms with van der Waals surface area (Å²) < 4.78 is 18.1. The molecular weight excluding hydrogens is 197 g/mol. The Bertz CT molecular complexity index is 455. The zero-order valence-electron chi connectivity index (χ0n) is 7.90. The van der Waals surface area contributed by atoms with Crippen LogP contribution in [0.5, 0.6) is 5.75 Å². The van der Waals surface area contributed by atoms with E-state index in [0.29, 0.717) is 11.6 Å². The van der Waals surface area contributed by atoms with Crippen molar-refractivity contribution in [2.75, 3.05) is 5.73 Å². The van der Waals surface area contributed by atoms with Crippen LogP contribution >= 0.6 is 0 Å². The van der Waals surface area contributed by atoms with E-state index >= 15 is 0 Å². The van der Waals surface area contributed by atoms with Gasteiger partial charge in [0, 0.05) is 6.07 Å². The second-order valence-electron chi connectivity index (χ2n) is 3.05. The van der Waals surface area contributed by atoms with Crippen LogP contribution in [-0.4, -0.2) is 10.2 Å². The molecule has 0 amide bonds. The molecular formula is C10H10FN3O. The van der Waals surface area contributed by atoms with Crippen LogP contribution in [0.2, 0.25) is 0 Å². The van der Waals surface area contributed by atoms with E-state index in [0.717, 1.165) is 5.56 Å². The number of nitrogens with one attached hydrogen (secondary N) is 1. The van der Waals surface area contributed by atoms with Gasteiger partial charge in [0.1, 0.15) is 24.0 Å². The lowest BCUT2D eigenvalue weighted by Crippen LogP contribution is -1.98. The number of aromatic amines is 1. The summed E-state index contributed by atoms with van der Waals surface area (Å²) >= 11 is 0. The Morgan fingerprint density at radius 3 is 3.00 bits per heavy atom. The molecule has 5 heteroatoms. The van der Waals surface area contributed by atoms with E-state index in [4.69, 9.17) is 10.5 Å². The van der Waals surface area contributed by atoms with Gasteiger partial charge in [0.15, 0.2) is 0 Å². The SMILES string of the molecule is Nc1[nH]ncc1COc1cccc(F)c1. The second kappa shape index (κ2) is 4.00. The fourth-order valence-electron chi connectivity index (χ4n) is 1.15. The molecule has 3 N–H and O–H groups in total. The van der Waals surface area contributed by atoms with E-state index < -0.39 is 0 Å². The summed E-state index contributed by atoms with van der Waals surface area (Å²) in [5.74, 6) is 0.606. The molecule has 15 heavy (non-hydrogen) atoms. The van der Waals surface area contributed by atoms with Crippen molar-refractivity contribution in [1.29, 1.82) is 0 Å². The number of ether oxygens (including phenoxy) is 1. The Morgan fingerprint density at radius 1 is 1.47 bits per heavy atom. The van der Waals surface area contributed by atoms with Gasteiger partial charge < -0.3 is 10.5 Å². The maximum absolute atomic E-state index is 12.8. The lowest BCUT2D eigenvalue weighted by atomic mass is 10.3. The normalized spacial score (nSPS) is 10.2. The van der Waals surface area contributed by atoms with Gasteiger partial charge in [-0.3, -0.25) is 5.10 Å². The number of hydrogen-bond donors (Lipinski definition) is 2. The van der Waals surface area contributed by atoms with Crippen LogP contribution in [0.3, 0.4) is 0 Å². The van der Waals surface area contributed by atoms with Crippen LogP contribution in [-0.2, 0) is 6.61 Å². The molecule has 0 aliphatic heterocycles. The van der Waals surface area contributed by atoms with Crippen LogP contribution in [0.15, 0.2) is 30.5 Å². The van der Waals surface area contributed by atoms with Crippen molar-refractivity contribution in [3.05, 3.63) is 41.8 Å². The average Bonchev–Trinajstić information content (AvgIpc) is 2.61. The Kier molecular flexibility index (Phi) is 2.53. The first-order chi connectivity index (χ1) is 7.25. The standard InChI is InChI=1S/C10H10FN3O/c11-8-2-1-3-9(4-8)15-6-7-5-13-14-10(7)12/h1-5H,6H2,(H3,12,13,14). The largest absolute Gasteiger partial charge is 0.489 e. The third-order valence-corrected chi connectivity index (χ3v) is 1.94. The van der Waals surface area contributed by atoms with E-state index in [2.05, 4.69) is 10.2 Å². The summed E-state index contributed by atoms with van der Waals surface area (Å²) in [4.78, 5) is 0. The number of nitrogen functional groups attached to an aromatic ring is 1. The van der Waals surface area contributed by atoms with E-state index in [1.807, 2.05) is 0 Å². The maximum Gasteiger partial charge on any atom is 0.126 e. The molecule has 78 valence electrons. The van der Waals surface area contributed by atoms with Crippen molar-refractivity contribution in [3.63, 3.8) is 0 Å². The number of hydrogen-bond acceptors (Lipinski definition) is 3. The molecule has 1 aromatic heterocycles. The highest BCUT2D eigenvalue weighted by atomic mass is 19.1. The molecule has 0 saturated heterocycles. The third kappa shape index (κ3) is 2.25. The summed E-state index contributed by atoms with van der Waals surface area (Å²) in [6.07, 6.45) is 1.58. The Labute approximate surface area is 85.9 Å². The summed E-state index contributed by atoms with van der Waals surface area (Å²) in [5.41, 5.74) is 6.31. The number of rotatable bonds is 3. The molecule has 0 aliphatic rings. The molecule has 2 rings (SSSR count). The molecule has 0 aliphatic carbocycles. The minimum atomic E-state index is -0.326. The predicted octanol–water partition coefficient (Wildman–Crippen LogP) is 1.71. The molecule has 0 unspecified atom stereocenters. The lowest BCUT2D eigenvalue weighted by molar-refractivity contribution is 0.305. The first-order valence-corrected chi connectivity index (χ1v) is 4.42. The third-order valence-electron chi connectivity index (χ3n) is 1.94. The molecule has 0 bridgehead atoms. The quantitative estimate of drug-likeness (QED) is 0.805. The Morgan fingerprint density at radius 2 is 2.33 bits per heavy atom. The van der Waals surface area contributed by atoms with Crippen molar-refractivity contribution in [2.24, 2.45) is 0 Å². The highest BCUT2D eigenvalue weighted by Crippen LogP contribution is 2.15. The van der Waals surface area contributed by atoms with Gasteiger partial charge in [-0.1, -0.05) is 6.07 Å². The summed E-state index contributed by atoms with van der Waals surface area (Å²) in [6.45, 7) is 0.270. The minimum Gasteiger partial charge on any atom is -0.489 e. The lowest BCUT2D eigenvalue weighted by Gasteiger charge is -2.04. The number of benzene rings is 1. The fourth-order valence-corrected chi connectivity index (χ4v) is 1.15.